The van der Waals surface area contributed by atoms with Crippen molar-refractivity contribution in [1.29, 1.82) is 0 Å². The van der Waals surface area contributed by atoms with Crippen molar-refractivity contribution in [2.45, 2.75) is 13.8 Å². The lowest BCUT2D eigenvalue weighted by Gasteiger charge is -2.11. The predicted octanol–water partition coefficient (Wildman–Crippen LogP) is 2.93. The van der Waals surface area contributed by atoms with Crippen LogP contribution in [-0.4, -0.2) is 9.97 Å². The van der Waals surface area contributed by atoms with Crippen LogP contribution in [0.1, 0.15) is 11.1 Å². The first-order chi connectivity index (χ1) is 8.61. The molecule has 0 radical (unpaired) electrons. The van der Waals surface area contributed by atoms with Crippen LogP contribution in [0.15, 0.2) is 29.0 Å². The molecule has 5 nitrogen and oxygen atoms in total. The van der Waals surface area contributed by atoms with Gasteiger partial charge in [-0.1, -0.05) is 6.07 Å². The number of halogens is 1. The van der Waals surface area contributed by atoms with Gasteiger partial charge in [0.25, 0.3) is 0 Å². The van der Waals surface area contributed by atoms with Crippen LogP contribution in [0, 0.1) is 13.8 Å². The Morgan fingerprint density at radius 3 is 2.72 bits per heavy atom. The number of nitrogens with zero attached hydrogens (tertiary/aromatic N) is 2. The molecule has 3 N–H and O–H groups in total. The van der Waals surface area contributed by atoms with Gasteiger partial charge in [-0.05, 0) is 47.5 Å². The first-order valence-corrected chi connectivity index (χ1v) is 6.13. The van der Waals surface area contributed by atoms with Crippen LogP contribution in [0.3, 0.4) is 0 Å². The number of nitrogens with two attached hydrogens (primary N) is 1. The fourth-order valence-electron chi connectivity index (χ4n) is 1.48. The van der Waals surface area contributed by atoms with Crippen LogP contribution in [0.5, 0.6) is 11.6 Å². The minimum Gasteiger partial charge on any atom is -0.437 e. The molecule has 0 atom stereocenters. The number of hydrogen-bond donors (Lipinski definition) is 2. The smallest absolute Gasteiger partial charge is 0.227 e. The van der Waals surface area contributed by atoms with E-state index < -0.39 is 0 Å². The number of hydrogen-bond acceptors (Lipinski definition) is 5. The van der Waals surface area contributed by atoms with E-state index in [1.807, 2.05) is 32.0 Å². The molecular weight excluding hydrogens is 296 g/mol. The zero-order valence-corrected chi connectivity index (χ0v) is 11.7. The van der Waals surface area contributed by atoms with Crippen LogP contribution in [-0.2, 0) is 0 Å². The lowest BCUT2D eigenvalue weighted by Crippen LogP contribution is -2.11. The normalized spacial score (nSPS) is 10.2. The van der Waals surface area contributed by atoms with Gasteiger partial charge in [-0.2, -0.15) is 0 Å². The van der Waals surface area contributed by atoms with Gasteiger partial charge in [0.05, 0.1) is 10.0 Å². The number of nitrogens with one attached hydrogen (secondary N) is 1. The lowest BCUT2D eigenvalue weighted by atomic mass is 10.2. The molecule has 0 bridgehead atoms. The summed E-state index contributed by atoms with van der Waals surface area (Å²) in [5.41, 5.74) is 4.41. The van der Waals surface area contributed by atoms with E-state index in [0.29, 0.717) is 17.4 Å². The Bertz CT molecular complexity index is 574. The molecule has 0 fully saturated rings. The highest BCUT2D eigenvalue weighted by Crippen LogP contribution is 2.31. The van der Waals surface area contributed by atoms with E-state index >= 15 is 0 Å². The van der Waals surface area contributed by atoms with E-state index in [1.54, 1.807) is 0 Å². The zero-order chi connectivity index (χ0) is 13.1. The maximum absolute atomic E-state index is 5.74. The standard InChI is InChI=1S/C12H13BrN4O/c1-7-3-4-10(9(13)5-7)18-12-8(2)11(17-14)15-6-16-12/h3-6H,14H2,1-2H3,(H,15,16,17). The Morgan fingerprint density at radius 2 is 2.06 bits per heavy atom. The van der Waals surface area contributed by atoms with Crippen molar-refractivity contribution >= 4 is 21.7 Å². The topological polar surface area (TPSA) is 73.1 Å². The molecule has 2 aromatic rings. The molecule has 0 aliphatic heterocycles. The van der Waals surface area contributed by atoms with Gasteiger partial charge in [-0.3, -0.25) is 0 Å². The highest BCUT2D eigenvalue weighted by molar-refractivity contribution is 9.10. The first kappa shape index (κ1) is 12.8. The summed E-state index contributed by atoms with van der Waals surface area (Å²) in [4.78, 5) is 8.09. The third-order valence-corrected chi connectivity index (χ3v) is 3.09. The Morgan fingerprint density at radius 1 is 1.28 bits per heavy atom. The summed E-state index contributed by atoms with van der Waals surface area (Å²) >= 11 is 3.46. The summed E-state index contributed by atoms with van der Waals surface area (Å²) < 4.78 is 6.62. The highest BCUT2D eigenvalue weighted by atomic mass is 79.9. The maximum Gasteiger partial charge on any atom is 0.227 e. The third-order valence-electron chi connectivity index (χ3n) is 2.47. The molecule has 0 unspecified atom stereocenters. The minimum absolute atomic E-state index is 0.475. The van der Waals surface area contributed by atoms with Gasteiger partial charge in [0.2, 0.25) is 5.88 Å². The third kappa shape index (κ3) is 2.60. The summed E-state index contributed by atoms with van der Waals surface area (Å²) in [5, 5.41) is 0. The van der Waals surface area contributed by atoms with Crippen LogP contribution in [0.25, 0.3) is 0 Å². The van der Waals surface area contributed by atoms with Crippen molar-refractivity contribution in [3.8, 4) is 11.6 Å². The molecule has 1 aromatic heterocycles. The molecule has 0 aliphatic rings. The summed E-state index contributed by atoms with van der Waals surface area (Å²) in [6.45, 7) is 3.85. The summed E-state index contributed by atoms with van der Waals surface area (Å²) in [7, 11) is 0. The van der Waals surface area contributed by atoms with Gasteiger partial charge in [0.15, 0.2) is 0 Å². The fourth-order valence-corrected chi connectivity index (χ4v) is 2.05. The average Bonchev–Trinajstić information content (AvgIpc) is 2.35. The Hall–Kier alpha value is -1.66. The SMILES string of the molecule is Cc1ccc(Oc2ncnc(NN)c2C)c(Br)c1. The number of nitrogen functional groups attached to an aromatic ring is 1. The number of ether oxygens (including phenoxy) is 1. The molecule has 94 valence electrons. The van der Waals surface area contributed by atoms with E-state index in [9.17, 15) is 0 Å². The molecule has 0 saturated carbocycles. The van der Waals surface area contributed by atoms with E-state index in [-0.39, 0.29) is 0 Å². The largest absolute Gasteiger partial charge is 0.437 e. The average molecular weight is 309 g/mol. The number of anilines is 1. The van der Waals surface area contributed by atoms with Gasteiger partial charge >= 0.3 is 0 Å². The van der Waals surface area contributed by atoms with Crippen LogP contribution >= 0.6 is 15.9 Å². The number of rotatable bonds is 3. The van der Waals surface area contributed by atoms with Gasteiger partial charge in [0.1, 0.15) is 17.9 Å². The summed E-state index contributed by atoms with van der Waals surface area (Å²) in [5.74, 6) is 7.08. The van der Waals surface area contributed by atoms with Gasteiger partial charge < -0.3 is 10.2 Å². The Labute approximate surface area is 113 Å². The Kier molecular flexibility index (Phi) is 3.78. The quantitative estimate of drug-likeness (QED) is 0.673. The number of aromatic nitrogens is 2. The molecule has 18 heavy (non-hydrogen) atoms. The van der Waals surface area contributed by atoms with E-state index in [0.717, 1.165) is 15.6 Å². The zero-order valence-electron chi connectivity index (χ0n) is 10.1. The van der Waals surface area contributed by atoms with Crippen molar-refractivity contribution in [2.75, 3.05) is 5.43 Å². The van der Waals surface area contributed by atoms with E-state index in [4.69, 9.17) is 10.6 Å². The lowest BCUT2D eigenvalue weighted by molar-refractivity contribution is 0.455. The second kappa shape index (κ2) is 5.32. The minimum atomic E-state index is 0.475. The molecule has 6 heteroatoms. The van der Waals surface area contributed by atoms with Crippen molar-refractivity contribution in [3.05, 3.63) is 40.1 Å². The maximum atomic E-state index is 5.74. The first-order valence-electron chi connectivity index (χ1n) is 5.34. The molecular formula is C12H13BrN4O. The van der Waals surface area contributed by atoms with Crippen molar-refractivity contribution in [2.24, 2.45) is 5.84 Å². The molecule has 0 amide bonds. The van der Waals surface area contributed by atoms with Crippen molar-refractivity contribution < 1.29 is 4.74 Å². The monoisotopic (exact) mass is 308 g/mol. The molecule has 0 aliphatic carbocycles. The van der Waals surface area contributed by atoms with E-state index in [2.05, 4.69) is 31.3 Å². The van der Waals surface area contributed by atoms with Crippen LogP contribution in [0.2, 0.25) is 0 Å². The molecule has 1 heterocycles. The number of aryl methyl sites for hydroxylation is 1. The Balaban J connectivity index is 2.34. The van der Waals surface area contributed by atoms with Gasteiger partial charge in [0, 0.05) is 0 Å². The number of hydrazine groups is 1. The summed E-state index contributed by atoms with van der Waals surface area (Å²) in [6.07, 6.45) is 1.40. The molecule has 2 rings (SSSR count). The van der Waals surface area contributed by atoms with Crippen molar-refractivity contribution in [3.63, 3.8) is 0 Å². The summed E-state index contributed by atoms with van der Waals surface area (Å²) in [6, 6.07) is 5.84. The molecule has 1 aromatic carbocycles. The van der Waals surface area contributed by atoms with Crippen LogP contribution < -0.4 is 16.0 Å². The highest BCUT2D eigenvalue weighted by Gasteiger charge is 2.10. The van der Waals surface area contributed by atoms with E-state index in [1.165, 1.54) is 6.33 Å². The molecule has 0 saturated heterocycles. The van der Waals surface area contributed by atoms with Crippen LogP contribution in [0.4, 0.5) is 5.82 Å². The second-order valence-corrected chi connectivity index (χ2v) is 4.69. The molecule has 0 spiro atoms. The van der Waals surface area contributed by atoms with Gasteiger partial charge in [-0.25, -0.2) is 15.8 Å². The number of benzene rings is 1. The second-order valence-electron chi connectivity index (χ2n) is 3.83. The van der Waals surface area contributed by atoms with Gasteiger partial charge in [-0.15, -0.1) is 0 Å². The van der Waals surface area contributed by atoms with Crippen molar-refractivity contribution in [1.82, 2.24) is 9.97 Å². The predicted molar refractivity (Wildman–Crippen MR) is 73.5 cm³/mol. The fraction of sp³-hybridized carbons (Fsp3) is 0.167.